The third-order valence-electron chi connectivity index (χ3n) is 4.81. The lowest BCUT2D eigenvalue weighted by Crippen LogP contribution is -2.32. The first-order valence-electron chi connectivity index (χ1n) is 9.39. The van der Waals surface area contributed by atoms with Gasteiger partial charge >= 0.3 is 0 Å². The number of carbonyl (C=O) groups excluding carboxylic acids is 1. The number of nitrogens with zero attached hydrogens (tertiary/aromatic N) is 2. The highest BCUT2D eigenvalue weighted by atomic mass is 16.5. The van der Waals surface area contributed by atoms with Crippen LogP contribution in [0.15, 0.2) is 48.8 Å². The van der Waals surface area contributed by atoms with E-state index in [-0.39, 0.29) is 18.6 Å². The molecule has 1 fully saturated rings. The molecular weight excluding hydrogens is 326 g/mol. The first kappa shape index (κ1) is 18.4. The van der Waals surface area contributed by atoms with E-state index in [4.69, 9.17) is 4.74 Å². The van der Waals surface area contributed by atoms with Gasteiger partial charge in [0, 0.05) is 43.6 Å². The Morgan fingerprint density at radius 3 is 2.65 bits per heavy atom. The molecule has 3 rings (SSSR count). The van der Waals surface area contributed by atoms with Crippen molar-refractivity contribution >= 4 is 5.91 Å². The van der Waals surface area contributed by atoms with E-state index in [1.54, 1.807) is 12.4 Å². The Balaban J connectivity index is 1.63. The van der Waals surface area contributed by atoms with Crippen LogP contribution in [0, 0.1) is 0 Å². The second-order valence-corrected chi connectivity index (χ2v) is 6.61. The highest BCUT2D eigenvalue weighted by Crippen LogP contribution is 2.27. The molecule has 26 heavy (non-hydrogen) atoms. The van der Waals surface area contributed by atoms with Crippen LogP contribution < -0.4 is 10.1 Å². The Kier molecular flexibility index (Phi) is 6.61. The van der Waals surface area contributed by atoms with Gasteiger partial charge in [-0.2, -0.15) is 0 Å². The molecule has 138 valence electrons. The lowest BCUT2D eigenvalue weighted by atomic mass is 10.0. The Hall–Kier alpha value is -2.40. The Morgan fingerprint density at radius 1 is 1.19 bits per heavy atom. The second-order valence-electron chi connectivity index (χ2n) is 6.61. The molecule has 0 aliphatic carbocycles. The number of para-hydroxylation sites is 1. The van der Waals surface area contributed by atoms with E-state index in [0.29, 0.717) is 0 Å². The minimum absolute atomic E-state index is 0.0788. The summed E-state index contributed by atoms with van der Waals surface area (Å²) in [5.41, 5.74) is 2.29. The summed E-state index contributed by atoms with van der Waals surface area (Å²) >= 11 is 0. The predicted molar refractivity (Wildman–Crippen MR) is 102 cm³/mol. The number of ether oxygens (including phenoxy) is 1. The number of hydrogen-bond donors (Lipinski definition) is 1. The number of benzene rings is 1. The highest BCUT2D eigenvalue weighted by Gasteiger charge is 2.19. The van der Waals surface area contributed by atoms with Crippen LogP contribution in [0.4, 0.5) is 0 Å². The van der Waals surface area contributed by atoms with E-state index in [1.807, 2.05) is 35.2 Å². The molecular formula is C21H27N3O2. The van der Waals surface area contributed by atoms with Crippen molar-refractivity contribution in [1.82, 2.24) is 15.2 Å². The summed E-state index contributed by atoms with van der Waals surface area (Å²) < 4.78 is 5.90. The SMILES string of the molecule is CCC(NCc1ccncc1)c1ccccc1OCC(=O)N1CCCC1. The summed E-state index contributed by atoms with van der Waals surface area (Å²) in [6, 6.07) is 12.2. The van der Waals surface area contributed by atoms with Crippen molar-refractivity contribution in [3.63, 3.8) is 0 Å². The van der Waals surface area contributed by atoms with Gasteiger partial charge in [-0.05, 0) is 43.0 Å². The van der Waals surface area contributed by atoms with Gasteiger partial charge in [-0.25, -0.2) is 0 Å². The fourth-order valence-corrected chi connectivity index (χ4v) is 3.31. The van der Waals surface area contributed by atoms with Crippen LogP contribution in [0.5, 0.6) is 5.75 Å². The van der Waals surface area contributed by atoms with Crippen molar-refractivity contribution < 1.29 is 9.53 Å². The molecule has 2 heterocycles. The normalized spacial score (nSPS) is 15.0. The average molecular weight is 353 g/mol. The standard InChI is InChI=1S/C21H27N3O2/c1-2-19(23-15-17-9-11-22-12-10-17)18-7-3-4-8-20(18)26-16-21(25)24-13-5-6-14-24/h3-4,7-12,19,23H,2,5-6,13-16H2,1H3. The van der Waals surface area contributed by atoms with E-state index in [0.717, 1.165) is 50.2 Å². The maximum Gasteiger partial charge on any atom is 0.260 e. The van der Waals surface area contributed by atoms with Crippen LogP contribution in [-0.4, -0.2) is 35.5 Å². The maximum absolute atomic E-state index is 12.3. The van der Waals surface area contributed by atoms with Crippen LogP contribution >= 0.6 is 0 Å². The molecule has 1 aliphatic rings. The molecule has 1 aromatic carbocycles. The average Bonchev–Trinajstić information content (AvgIpc) is 3.23. The van der Waals surface area contributed by atoms with Gasteiger partial charge in [-0.3, -0.25) is 9.78 Å². The molecule has 1 atom stereocenters. The summed E-state index contributed by atoms with van der Waals surface area (Å²) in [4.78, 5) is 18.2. The number of amides is 1. The monoisotopic (exact) mass is 353 g/mol. The molecule has 1 amide bonds. The third-order valence-corrected chi connectivity index (χ3v) is 4.81. The topological polar surface area (TPSA) is 54.5 Å². The largest absolute Gasteiger partial charge is 0.483 e. The van der Waals surface area contributed by atoms with Gasteiger partial charge in [0.15, 0.2) is 6.61 Å². The van der Waals surface area contributed by atoms with Gasteiger partial charge in [-0.1, -0.05) is 25.1 Å². The summed E-state index contributed by atoms with van der Waals surface area (Å²) in [5.74, 6) is 0.865. The molecule has 1 N–H and O–H groups in total. The van der Waals surface area contributed by atoms with Gasteiger partial charge < -0.3 is 15.0 Å². The zero-order valence-corrected chi connectivity index (χ0v) is 15.4. The molecule has 1 aromatic heterocycles. The number of likely N-dealkylation sites (tertiary alicyclic amines) is 1. The number of hydrogen-bond acceptors (Lipinski definition) is 4. The molecule has 1 saturated heterocycles. The summed E-state index contributed by atoms with van der Waals surface area (Å²) in [5, 5.41) is 3.58. The Labute approximate surface area is 155 Å². The molecule has 0 saturated carbocycles. The molecule has 0 bridgehead atoms. The van der Waals surface area contributed by atoms with Crippen molar-refractivity contribution in [2.75, 3.05) is 19.7 Å². The summed E-state index contributed by atoms with van der Waals surface area (Å²) in [6.45, 7) is 4.74. The van der Waals surface area contributed by atoms with E-state index >= 15 is 0 Å². The van der Waals surface area contributed by atoms with Gasteiger partial charge in [-0.15, -0.1) is 0 Å². The van der Waals surface area contributed by atoms with Gasteiger partial charge in [0.2, 0.25) is 0 Å². The number of nitrogens with one attached hydrogen (secondary N) is 1. The van der Waals surface area contributed by atoms with Crippen LogP contribution in [-0.2, 0) is 11.3 Å². The molecule has 0 radical (unpaired) electrons. The van der Waals surface area contributed by atoms with Crippen molar-refractivity contribution in [2.45, 2.75) is 38.8 Å². The van der Waals surface area contributed by atoms with E-state index < -0.39 is 0 Å². The molecule has 0 spiro atoms. The van der Waals surface area contributed by atoms with Crippen LogP contribution in [0.25, 0.3) is 0 Å². The van der Waals surface area contributed by atoms with Crippen molar-refractivity contribution in [2.24, 2.45) is 0 Å². The number of pyridine rings is 1. The summed E-state index contributed by atoms with van der Waals surface area (Å²) in [6.07, 6.45) is 6.74. The second kappa shape index (κ2) is 9.34. The van der Waals surface area contributed by atoms with Gasteiger partial charge in [0.25, 0.3) is 5.91 Å². The van der Waals surface area contributed by atoms with Gasteiger partial charge in [0.1, 0.15) is 5.75 Å². The molecule has 5 nitrogen and oxygen atoms in total. The number of carbonyl (C=O) groups is 1. The fraction of sp³-hybridized carbons (Fsp3) is 0.429. The van der Waals surface area contributed by atoms with Gasteiger partial charge in [0.05, 0.1) is 0 Å². The van der Waals surface area contributed by atoms with Crippen LogP contribution in [0.1, 0.15) is 43.4 Å². The fourth-order valence-electron chi connectivity index (χ4n) is 3.31. The van der Waals surface area contributed by atoms with E-state index in [9.17, 15) is 4.79 Å². The first-order chi connectivity index (χ1) is 12.8. The van der Waals surface area contributed by atoms with Crippen molar-refractivity contribution in [1.29, 1.82) is 0 Å². The van der Waals surface area contributed by atoms with Crippen molar-refractivity contribution in [3.8, 4) is 5.75 Å². The van der Waals surface area contributed by atoms with Crippen LogP contribution in [0.3, 0.4) is 0 Å². The Bertz CT molecular complexity index is 699. The number of rotatable bonds is 8. The molecule has 2 aromatic rings. The molecule has 1 unspecified atom stereocenters. The zero-order chi connectivity index (χ0) is 18.2. The van der Waals surface area contributed by atoms with Crippen LogP contribution in [0.2, 0.25) is 0 Å². The lowest BCUT2D eigenvalue weighted by Gasteiger charge is -2.22. The maximum atomic E-state index is 12.3. The zero-order valence-electron chi connectivity index (χ0n) is 15.4. The predicted octanol–water partition coefficient (Wildman–Crippen LogP) is 3.32. The minimum Gasteiger partial charge on any atom is -0.483 e. The first-order valence-corrected chi connectivity index (χ1v) is 9.39. The smallest absolute Gasteiger partial charge is 0.260 e. The summed E-state index contributed by atoms with van der Waals surface area (Å²) in [7, 11) is 0. The Morgan fingerprint density at radius 2 is 1.92 bits per heavy atom. The quantitative estimate of drug-likeness (QED) is 0.791. The molecule has 1 aliphatic heterocycles. The minimum atomic E-state index is 0.0788. The van der Waals surface area contributed by atoms with E-state index in [2.05, 4.69) is 23.3 Å². The third kappa shape index (κ3) is 4.82. The van der Waals surface area contributed by atoms with Crippen molar-refractivity contribution in [3.05, 3.63) is 59.9 Å². The highest BCUT2D eigenvalue weighted by molar-refractivity contribution is 5.78. The van der Waals surface area contributed by atoms with E-state index in [1.165, 1.54) is 5.56 Å². The number of aromatic nitrogens is 1. The lowest BCUT2D eigenvalue weighted by molar-refractivity contribution is -0.132. The molecule has 5 heteroatoms.